The van der Waals surface area contributed by atoms with Gasteiger partial charge in [0.05, 0.1) is 23.7 Å². The zero-order valence-electron chi connectivity index (χ0n) is 15.8. The van der Waals surface area contributed by atoms with Crippen LogP contribution < -0.4 is 10.6 Å². The second-order valence-corrected chi connectivity index (χ2v) is 8.05. The van der Waals surface area contributed by atoms with Crippen LogP contribution in [0.15, 0.2) is 41.6 Å². The molecule has 2 N–H and O–H groups in total. The fraction of sp³-hybridized carbons (Fsp3) is 0.450. The van der Waals surface area contributed by atoms with E-state index < -0.39 is 0 Å². The van der Waals surface area contributed by atoms with Crippen LogP contribution in [0.2, 0.25) is 0 Å². The molecule has 0 bridgehead atoms. The summed E-state index contributed by atoms with van der Waals surface area (Å²) in [6.07, 6.45) is 8.00. The molecule has 0 spiro atoms. The van der Waals surface area contributed by atoms with Crippen LogP contribution in [0, 0.1) is 6.92 Å². The third kappa shape index (κ3) is 5.60. The van der Waals surface area contributed by atoms with Gasteiger partial charge in [-0.25, -0.2) is 0 Å². The first kappa shape index (κ1) is 19.5. The molecule has 144 valence electrons. The quantitative estimate of drug-likeness (QED) is 0.745. The van der Waals surface area contributed by atoms with Gasteiger partial charge in [-0.1, -0.05) is 12.1 Å². The third-order valence-electron chi connectivity index (χ3n) is 4.72. The summed E-state index contributed by atoms with van der Waals surface area (Å²) in [5.74, 6) is 0.266. The van der Waals surface area contributed by atoms with E-state index in [-0.39, 0.29) is 17.9 Å². The van der Waals surface area contributed by atoms with E-state index in [0.717, 1.165) is 36.3 Å². The summed E-state index contributed by atoms with van der Waals surface area (Å²) in [7, 11) is 0. The van der Waals surface area contributed by atoms with Gasteiger partial charge in [-0.2, -0.15) is 5.10 Å². The molecule has 1 saturated carbocycles. The number of hydrogen-bond donors (Lipinski definition) is 2. The smallest absolute Gasteiger partial charge is 0.230 e. The molecule has 1 aromatic carbocycles. The van der Waals surface area contributed by atoms with Crippen molar-refractivity contribution in [1.29, 1.82) is 0 Å². The molecule has 3 rings (SSSR count). The lowest BCUT2D eigenvalue weighted by Crippen LogP contribution is -2.39. The molecule has 0 aliphatic heterocycles. The Labute approximate surface area is 164 Å². The SMILES string of the molecule is CC(=O)Nc1ccccc1SCC(=O)NC1CCC(n2cc(C)cn2)CC1. The summed E-state index contributed by atoms with van der Waals surface area (Å²) >= 11 is 1.45. The molecule has 1 fully saturated rings. The molecule has 0 unspecified atom stereocenters. The van der Waals surface area contributed by atoms with E-state index in [1.165, 1.54) is 24.2 Å². The van der Waals surface area contributed by atoms with Gasteiger partial charge in [0.1, 0.15) is 0 Å². The normalized spacial score (nSPS) is 19.5. The maximum Gasteiger partial charge on any atom is 0.230 e. The molecule has 0 radical (unpaired) electrons. The Morgan fingerprint density at radius 1 is 1.22 bits per heavy atom. The summed E-state index contributed by atoms with van der Waals surface area (Å²) in [5, 5.41) is 10.4. The van der Waals surface area contributed by atoms with E-state index >= 15 is 0 Å². The van der Waals surface area contributed by atoms with Crippen molar-refractivity contribution in [3.8, 4) is 0 Å². The minimum absolute atomic E-state index is 0.0380. The standard InChI is InChI=1S/C20H26N4O2S/c1-14-11-21-24(12-14)17-9-7-16(8-10-17)23-20(26)13-27-19-6-4-3-5-18(19)22-15(2)25/h3-6,11-12,16-17H,7-10,13H2,1-2H3,(H,22,25)(H,23,26). The first-order chi connectivity index (χ1) is 13.0. The number of benzene rings is 1. The van der Waals surface area contributed by atoms with Gasteiger partial charge in [0, 0.05) is 24.1 Å². The molecule has 1 aliphatic carbocycles. The fourth-order valence-electron chi connectivity index (χ4n) is 3.42. The van der Waals surface area contributed by atoms with Crippen LogP contribution >= 0.6 is 11.8 Å². The first-order valence-electron chi connectivity index (χ1n) is 9.31. The van der Waals surface area contributed by atoms with Crippen molar-refractivity contribution in [2.45, 2.75) is 56.5 Å². The van der Waals surface area contributed by atoms with E-state index in [0.29, 0.717) is 11.8 Å². The third-order valence-corrected chi connectivity index (χ3v) is 5.80. The largest absolute Gasteiger partial charge is 0.353 e. The molecule has 1 aliphatic rings. The van der Waals surface area contributed by atoms with Crippen molar-refractivity contribution in [1.82, 2.24) is 15.1 Å². The molecular weight excluding hydrogens is 360 g/mol. The van der Waals surface area contributed by atoms with E-state index in [4.69, 9.17) is 0 Å². The van der Waals surface area contributed by atoms with Crippen LogP contribution in [-0.4, -0.2) is 33.4 Å². The second-order valence-electron chi connectivity index (χ2n) is 7.04. The minimum Gasteiger partial charge on any atom is -0.353 e. The van der Waals surface area contributed by atoms with Crippen molar-refractivity contribution in [3.05, 3.63) is 42.2 Å². The predicted octanol–water partition coefficient (Wildman–Crippen LogP) is 3.54. The Morgan fingerprint density at radius 2 is 1.96 bits per heavy atom. The lowest BCUT2D eigenvalue weighted by Gasteiger charge is -2.29. The minimum atomic E-state index is -0.114. The van der Waals surface area contributed by atoms with Crippen LogP contribution in [0.4, 0.5) is 5.69 Å². The van der Waals surface area contributed by atoms with Gasteiger partial charge < -0.3 is 10.6 Å². The van der Waals surface area contributed by atoms with Crippen molar-refractivity contribution in [3.63, 3.8) is 0 Å². The highest BCUT2D eigenvalue weighted by atomic mass is 32.2. The van der Waals surface area contributed by atoms with E-state index in [2.05, 4.69) is 33.5 Å². The van der Waals surface area contributed by atoms with Gasteiger partial charge in [-0.15, -0.1) is 11.8 Å². The van der Waals surface area contributed by atoms with Crippen LogP contribution in [0.1, 0.15) is 44.2 Å². The fourth-order valence-corrected chi connectivity index (χ4v) is 4.23. The highest BCUT2D eigenvalue weighted by Gasteiger charge is 2.24. The maximum atomic E-state index is 12.3. The Balaban J connectivity index is 1.45. The molecule has 27 heavy (non-hydrogen) atoms. The second kappa shape index (κ2) is 9.08. The molecule has 0 saturated heterocycles. The van der Waals surface area contributed by atoms with Gasteiger partial charge in [-0.05, 0) is 50.3 Å². The zero-order chi connectivity index (χ0) is 19.2. The Kier molecular flexibility index (Phi) is 6.55. The first-order valence-corrected chi connectivity index (χ1v) is 10.3. The molecule has 1 heterocycles. The lowest BCUT2D eigenvalue weighted by molar-refractivity contribution is -0.119. The number of thioether (sulfide) groups is 1. The molecular formula is C20H26N4O2S. The zero-order valence-corrected chi connectivity index (χ0v) is 16.6. The molecule has 0 atom stereocenters. The number of hydrogen-bond acceptors (Lipinski definition) is 4. The number of nitrogens with zero attached hydrogens (tertiary/aromatic N) is 2. The van der Waals surface area contributed by atoms with Crippen LogP contribution in [0.3, 0.4) is 0 Å². The van der Waals surface area contributed by atoms with Gasteiger partial charge in [-0.3, -0.25) is 14.3 Å². The number of carbonyl (C=O) groups excluding carboxylic acids is 2. The van der Waals surface area contributed by atoms with Crippen molar-refractivity contribution < 1.29 is 9.59 Å². The van der Waals surface area contributed by atoms with Crippen LogP contribution in [0.25, 0.3) is 0 Å². The predicted molar refractivity (Wildman–Crippen MR) is 108 cm³/mol. The number of aryl methyl sites for hydroxylation is 1. The van der Waals surface area contributed by atoms with E-state index in [1.54, 1.807) is 0 Å². The van der Waals surface area contributed by atoms with E-state index in [1.807, 2.05) is 30.5 Å². The molecule has 7 heteroatoms. The number of para-hydroxylation sites is 1. The monoisotopic (exact) mass is 386 g/mol. The lowest BCUT2D eigenvalue weighted by atomic mass is 9.91. The average molecular weight is 387 g/mol. The highest BCUT2D eigenvalue weighted by molar-refractivity contribution is 8.00. The number of carbonyl (C=O) groups is 2. The van der Waals surface area contributed by atoms with Crippen molar-refractivity contribution >= 4 is 29.3 Å². The van der Waals surface area contributed by atoms with Gasteiger partial charge >= 0.3 is 0 Å². The number of rotatable bonds is 6. The Hall–Kier alpha value is -2.28. The molecule has 2 amide bonds. The Morgan fingerprint density at radius 3 is 2.63 bits per heavy atom. The van der Waals surface area contributed by atoms with Crippen molar-refractivity contribution in [2.75, 3.05) is 11.1 Å². The van der Waals surface area contributed by atoms with Crippen LogP contribution in [-0.2, 0) is 9.59 Å². The van der Waals surface area contributed by atoms with Crippen molar-refractivity contribution in [2.24, 2.45) is 0 Å². The summed E-state index contributed by atoms with van der Waals surface area (Å²) in [4.78, 5) is 24.5. The van der Waals surface area contributed by atoms with Gasteiger partial charge in [0.15, 0.2) is 0 Å². The summed E-state index contributed by atoms with van der Waals surface area (Å²) in [5.41, 5.74) is 1.93. The summed E-state index contributed by atoms with van der Waals surface area (Å²) in [6, 6.07) is 8.21. The topological polar surface area (TPSA) is 76.0 Å². The van der Waals surface area contributed by atoms with E-state index in [9.17, 15) is 9.59 Å². The van der Waals surface area contributed by atoms with Gasteiger partial charge in [0.2, 0.25) is 11.8 Å². The maximum absolute atomic E-state index is 12.3. The molecule has 2 aromatic rings. The number of aromatic nitrogens is 2. The average Bonchev–Trinajstić information content (AvgIpc) is 3.07. The summed E-state index contributed by atoms with van der Waals surface area (Å²) < 4.78 is 2.06. The summed E-state index contributed by atoms with van der Waals surface area (Å²) in [6.45, 7) is 3.53. The number of amides is 2. The number of anilines is 1. The van der Waals surface area contributed by atoms with Crippen LogP contribution in [0.5, 0.6) is 0 Å². The Bertz CT molecular complexity index is 797. The van der Waals surface area contributed by atoms with Gasteiger partial charge in [0.25, 0.3) is 0 Å². The highest BCUT2D eigenvalue weighted by Crippen LogP contribution is 2.29. The molecule has 1 aromatic heterocycles. The number of nitrogens with one attached hydrogen (secondary N) is 2. The molecule has 6 nitrogen and oxygen atoms in total.